The number of likely N-dealkylation sites (tertiary alicyclic amines) is 1. The molecule has 1 aliphatic heterocycles. The SMILES string of the molecule is CC1[C@H]2CC2C2C3CC=C4C=C(N5CCCC5)CCC4C3CCC21C. The van der Waals surface area contributed by atoms with E-state index in [2.05, 4.69) is 30.9 Å². The van der Waals surface area contributed by atoms with Crippen LogP contribution in [-0.2, 0) is 0 Å². The van der Waals surface area contributed by atoms with Crippen molar-refractivity contribution in [3.05, 3.63) is 23.4 Å². The fraction of sp³-hybridized carbons (Fsp3) is 0.833. The first-order valence-corrected chi connectivity index (χ1v) is 11.3. The second-order valence-corrected chi connectivity index (χ2v) is 10.7. The van der Waals surface area contributed by atoms with E-state index in [4.69, 9.17) is 0 Å². The number of hydrogen-bond acceptors (Lipinski definition) is 1. The third-order valence-corrected chi connectivity index (χ3v) is 9.95. The highest BCUT2D eigenvalue weighted by molar-refractivity contribution is 5.33. The van der Waals surface area contributed by atoms with Gasteiger partial charge in [-0.25, -0.2) is 0 Å². The highest BCUT2D eigenvalue weighted by atomic mass is 15.1. The van der Waals surface area contributed by atoms with E-state index in [0.717, 1.165) is 41.4 Å². The fourth-order valence-corrected chi connectivity index (χ4v) is 8.52. The first-order valence-electron chi connectivity index (χ1n) is 11.3. The molecule has 0 amide bonds. The van der Waals surface area contributed by atoms with Crippen LogP contribution in [0, 0.1) is 46.8 Å². The minimum Gasteiger partial charge on any atom is -0.375 e. The van der Waals surface area contributed by atoms with Crippen LogP contribution in [0.5, 0.6) is 0 Å². The molecule has 8 atom stereocenters. The first kappa shape index (κ1) is 15.3. The summed E-state index contributed by atoms with van der Waals surface area (Å²) in [7, 11) is 0. The molecule has 1 saturated heterocycles. The Hall–Kier alpha value is -0.720. The summed E-state index contributed by atoms with van der Waals surface area (Å²) in [6.45, 7) is 7.91. The second kappa shape index (κ2) is 5.17. The molecule has 0 bridgehead atoms. The summed E-state index contributed by atoms with van der Waals surface area (Å²) in [6, 6.07) is 0. The van der Waals surface area contributed by atoms with E-state index in [-0.39, 0.29) is 0 Å². The van der Waals surface area contributed by atoms with Gasteiger partial charge in [-0.1, -0.05) is 19.9 Å². The van der Waals surface area contributed by atoms with Crippen LogP contribution in [0.15, 0.2) is 23.4 Å². The lowest BCUT2D eigenvalue weighted by Gasteiger charge is -2.54. The summed E-state index contributed by atoms with van der Waals surface area (Å²) in [5, 5.41) is 0. The van der Waals surface area contributed by atoms with Crippen molar-refractivity contribution >= 4 is 0 Å². The molecule has 0 radical (unpaired) electrons. The molecule has 0 N–H and O–H groups in total. The molecule has 1 heterocycles. The Morgan fingerprint density at radius 1 is 1.04 bits per heavy atom. The maximum atomic E-state index is 2.70. The van der Waals surface area contributed by atoms with Crippen LogP contribution >= 0.6 is 0 Å². The molecule has 7 unspecified atom stereocenters. The lowest BCUT2D eigenvalue weighted by molar-refractivity contribution is -0.0253. The summed E-state index contributed by atoms with van der Waals surface area (Å²) in [5.74, 6) is 7.22. The predicted molar refractivity (Wildman–Crippen MR) is 103 cm³/mol. The Morgan fingerprint density at radius 3 is 2.72 bits per heavy atom. The van der Waals surface area contributed by atoms with E-state index < -0.39 is 0 Å². The molecular formula is C24H35N. The minimum atomic E-state index is 0.686. The standard InChI is InChI=1S/C24H35N/c1-15-21-14-22(21)23-20-7-5-16-13-17(25-11-3-4-12-25)6-8-18(16)19(20)9-10-24(15,23)2/h5,13,15,18-23H,3-4,6-12,14H2,1-2H3/t15?,18?,19?,20?,21-,22?,23?,24?/m1/s1. The van der Waals surface area contributed by atoms with Crippen molar-refractivity contribution < 1.29 is 0 Å². The van der Waals surface area contributed by atoms with Crippen molar-refractivity contribution in [2.24, 2.45) is 46.8 Å². The van der Waals surface area contributed by atoms with Crippen LogP contribution < -0.4 is 0 Å². The average molecular weight is 338 g/mol. The lowest BCUT2D eigenvalue weighted by Crippen LogP contribution is -2.47. The summed E-state index contributed by atoms with van der Waals surface area (Å²) in [5.41, 5.74) is 4.11. The van der Waals surface area contributed by atoms with Gasteiger partial charge >= 0.3 is 0 Å². The summed E-state index contributed by atoms with van der Waals surface area (Å²) in [4.78, 5) is 2.69. The molecule has 6 rings (SSSR count). The van der Waals surface area contributed by atoms with E-state index >= 15 is 0 Å². The number of rotatable bonds is 1. The predicted octanol–water partition coefficient (Wildman–Crippen LogP) is 5.64. The molecule has 4 fully saturated rings. The van der Waals surface area contributed by atoms with Crippen molar-refractivity contribution in [1.29, 1.82) is 0 Å². The third kappa shape index (κ3) is 2.02. The normalized spacial score (nSPS) is 53.4. The smallest absolute Gasteiger partial charge is 0.0175 e. The van der Waals surface area contributed by atoms with Gasteiger partial charge in [0.05, 0.1) is 0 Å². The Bertz CT molecular complexity index is 638. The van der Waals surface area contributed by atoms with E-state index in [9.17, 15) is 0 Å². The zero-order valence-electron chi connectivity index (χ0n) is 16.2. The lowest BCUT2D eigenvalue weighted by atomic mass is 9.51. The molecule has 0 aromatic heterocycles. The largest absolute Gasteiger partial charge is 0.375 e. The van der Waals surface area contributed by atoms with E-state index in [1.54, 1.807) is 17.7 Å². The topological polar surface area (TPSA) is 3.24 Å². The van der Waals surface area contributed by atoms with E-state index in [0.29, 0.717) is 5.41 Å². The van der Waals surface area contributed by atoms with Gasteiger partial charge in [-0.15, -0.1) is 0 Å². The van der Waals surface area contributed by atoms with Crippen molar-refractivity contribution in [3.8, 4) is 0 Å². The van der Waals surface area contributed by atoms with Gasteiger partial charge in [0.1, 0.15) is 0 Å². The monoisotopic (exact) mass is 337 g/mol. The minimum absolute atomic E-state index is 0.686. The molecule has 1 heteroatoms. The molecule has 0 aromatic rings. The molecular weight excluding hydrogens is 302 g/mol. The fourth-order valence-electron chi connectivity index (χ4n) is 8.52. The zero-order chi connectivity index (χ0) is 16.8. The van der Waals surface area contributed by atoms with Gasteiger partial charge in [-0.2, -0.15) is 0 Å². The van der Waals surface area contributed by atoms with Crippen molar-refractivity contribution in [2.45, 2.75) is 65.2 Å². The molecule has 25 heavy (non-hydrogen) atoms. The summed E-state index contributed by atoms with van der Waals surface area (Å²) < 4.78 is 0. The van der Waals surface area contributed by atoms with Crippen LogP contribution in [0.3, 0.4) is 0 Å². The molecule has 136 valence electrons. The first-order chi connectivity index (χ1) is 12.2. The average Bonchev–Trinajstić information content (AvgIpc) is 3.12. The number of hydrogen-bond donors (Lipinski definition) is 0. The summed E-state index contributed by atoms with van der Waals surface area (Å²) >= 11 is 0. The van der Waals surface area contributed by atoms with Gasteiger partial charge in [-0.05, 0) is 110 Å². The Morgan fingerprint density at radius 2 is 1.88 bits per heavy atom. The van der Waals surface area contributed by atoms with Gasteiger partial charge in [-0.3, -0.25) is 0 Å². The van der Waals surface area contributed by atoms with Crippen LogP contribution in [0.1, 0.15) is 65.2 Å². The Kier molecular flexibility index (Phi) is 3.17. The molecule has 5 aliphatic carbocycles. The number of fused-ring (bicyclic) bond motifs is 7. The molecule has 1 nitrogen and oxygen atoms in total. The van der Waals surface area contributed by atoms with Gasteiger partial charge in [0, 0.05) is 18.8 Å². The number of allylic oxidation sites excluding steroid dienone is 4. The molecule has 6 aliphatic rings. The van der Waals surface area contributed by atoms with E-state index in [1.165, 1.54) is 58.0 Å². The molecule has 0 spiro atoms. The van der Waals surface area contributed by atoms with Crippen LogP contribution in [0.2, 0.25) is 0 Å². The van der Waals surface area contributed by atoms with Gasteiger partial charge in [0.25, 0.3) is 0 Å². The maximum absolute atomic E-state index is 2.70. The van der Waals surface area contributed by atoms with Crippen LogP contribution in [0.25, 0.3) is 0 Å². The van der Waals surface area contributed by atoms with E-state index in [1.807, 2.05) is 0 Å². The van der Waals surface area contributed by atoms with Gasteiger partial charge in [0.15, 0.2) is 0 Å². The number of nitrogens with zero attached hydrogens (tertiary/aromatic N) is 1. The second-order valence-electron chi connectivity index (χ2n) is 10.7. The quantitative estimate of drug-likeness (QED) is 0.598. The Balaban J connectivity index is 1.30. The molecule has 0 aromatic carbocycles. The van der Waals surface area contributed by atoms with Crippen molar-refractivity contribution in [1.82, 2.24) is 4.90 Å². The van der Waals surface area contributed by atoms with Crippen LogP contribution in [-0.4, -0.2) is 18.0 Å². The van der Waals surface area contributed by atoms with Crippen LogP contribution in [0.4, 0.5) is 0 Å². The highest BCUT2D eigenvalue weighted by Crippen LogP contribution is 2.74. The third-order valence-electron chi connectivity index (χ3n) is 9.95. The van der Waals surface area contributed by atoms with Gasteiger partial charge < -0.3 is 4.90 Å². The van der Waals surface area contributed by atoms with Gasteiger partial charge in [0.2, 0.25) is 0 Å². The molecule has 3 saturated carbocycles. The summed E-state index contributed by atoms with van der Waals surface area (Å²) in [6.07, 6.45) is 17.0. The highest BCUT2D eigenvalue weighted by Gasteiger charge is 2.67. The maximum Gasteiger partial charge on any atom is 0.0175 e. The zero-order valence-corrected chi connectivity index (χ0v) is 16.2. The van der Waals surface area contributed by atoms with Crippen molar-refractivity contribution in [2.75, 3.05) is 13.1 Å². The Labute approximate surface area is 153 Å². The van der Waals surface area contributed by atoms with Crippen molar-refractivity contribution in [3.63, 3.8) is 0 Å².